The van der Waals surface area contributed by atoms with Crippen LogP contribution in [0.4, 0.5) is 4.79 Å². The number of nitrogens with zero attached hydrogens (tertiary/aromatic N) is 4. The maximum Gasteiger partial charge on any atom is 0.327 e. The molecule has 124 valence electrons. The number of urea groups is 1. The third-order valence-corrected chi connectivity index (χ3v) is 5.06. The second-order valence-corrected chi connectivity index (χ2v) is 6.74. The van der Waals surface area contributed by atoms with Crippen LogP contribution in [0.15, 0.2) is 24.4 Å². The molecular weight excluding hydrogens is 292 g/mol. The molecule has 0 saturated carbocycles. The molecule has 2 aliphatic rings. The van der Waals surface area contributed by atoms with Gasteiger partial charge in [-0.05, 0) is 38.8 Å². The van der Waals surface area contributed by atoms with E-state index in [1.54, 1.807) is 18.1 Å². The molecule has 0 atom stereocenters. The summed E-state index contributed by atoms with van der Waals surface area (Å²) < 4.78 is 0. The van der Waals surface area contributed by atoms with Crippen molar-refractivity contribution < 1.29 is 9.59 Å². The lowest BCUT2D eigenvalue weighted by Crippen LogP contribution is -2.55. The first-order chi connectivity index (χ1) is 11.0. The molecule has 6 heteroatoms. The minimum absolute atomic E-state index is 0.0301. The Bertz CT molecular complexity index is 594. The van der Waals surface area contributed by atoms with Gasteiger partial charge in [0.25, 0.3) is 5.91 Å². The Balaban J connectivity index is 1.70. The summed E-state index contributed by atoms with van der Waals surface area (Å²) in [5, 5.41) is 0. The molecule has 0 unspecified atom stereocenters. The molecule has 1 aromatic rings. The summed E-state index contributed by atoms with van der Waals surface area (Å²) in [5.74, 6) is -0.0301. The van der Waals surface area contributed by atoms with Crippen molar-refractivity contribution in [1.29, 1.82) is 0 Å². The van der Waals surface area contributed by atoms with E-state index in [0.29, 0.717) is 12.8 Å². The Kier molecular flexibility index (Phi) is 4.10. The highest BCUT2D eigenvalue weighted by Gasteiger charge is 2.56. The van der Waals surface area contributed by atoms with Crippen molar-refractivity contribution in [2.45, 2.75) is 44.8 Å². The summed E-state index contributed by atoms with van der Waals surface area (Å²) in [6.45, 7) is 6.16. The first-order valence-electron chi connectivity index (χ1n) is 8.19. The summed E-state index contributed by atoms with van der Waals surface area (Å²) in [5.41, 5.74) is 0.386. The van der Waals surface area contributed by atoms with Gasteiger partial charge in [0, 0.05) is 38.9 Å². The van der Waals surface area contributed by atoms with Crippen LogP contribution in [0.3, 0.4) is 0 Å². The summed E-state index contributed by atoms with van der Waals surface area (Å²) in [6, 6.07) is 5.65. The number of pyridine rings is 1. The predicted molar refractivity (Wildman–Crippen MR) is 86.6 cm³/mol. The fourth-order valence-corrected chi connectivity index (χ4v) is 3.61. The Hall–Kier alpha value is -1.95. The quantitative estimate of drug-likeness (QED) is 0.797. The molecule has 3 heterocycles. The summed E-state index contributed by atoms with van der Waals surface area (Å²) in [7, 11) is 1.76. The zero-order chi connectivity index (χ0) is 16.6. The molecule has 0 aliphatic carbocycles. The van der Waals surface area contributed by atoms with Crippen LogP contribution in [0.5, 0.6) is 0 Å². The van der Waals surface area contributed by atoms with Crippen LogP contribution < -0.4 is 0 Å². The molecule has 0 N–H and O–H groups in total. The number of likely N-dealkylation sites (N-methyl/N-ethyl adjacent to an activating group) is 1. The molecule has 1 spiro atoms. The third kappa shape index (κ3) is 2.61. The lowest BCUT2D eigenvalue weighted by atomic mass is 9.86. The van der Waals surface area contributed by atoms with Gasteiger partial charge in [0.05, 0.1) is 5.69 Å². The number of aromatic nitrogens is 1. The van der Waals surface area contributed by atoms with Gasteiger partial charge in [-0.15, -0.1) is 0 Å². The second-order valence-electron chi connectivity index (χ2n) is 6.74. The summed E-state index contributed by atoms with van der Waals surface area (Å²) in [6.07, 6.45) is 3.17. The van der Waals surface area contributed by atoms with Gasteiger partial charge in [0.2, 0.25) is 0 Å². The number of likely N-dealkylation sites (tertiary alicyclic amines) is 1. The van der Waals surface area contributed by atoms with Crippen LogP contribution in [0.1, 0.15) is 32.4 Å². The Morgan fingerprint density at radius 3 is 2.43 bits per heavy atom. The average molecular weight is 316 g/mol. The van der Waals surface area contributed by atoms with Crippen molar-refractivity contribution in [3.63, 3.8) is 0 Å². The van der Waals surface area contributed by atoms with Gasteiger partial charge in [-0.3, -0.25) is 19.6 Å². The molecule has 1 aromatic heterocycles. The summed E-state index contributed by atoms with van der Waals surface area (Å²) in [4.78, 5) is 35.0. The average Bonchev–Trinajstić information content (AvgIpc) is 2.72. The van der Waals surface area contributed by atoms with E-state index < -0.39 is 5.54 Å². The number of piperidine rings is 1. The number of hydrogen-bond acceptors (Lipinski definition) is 4. The molecule has 2 aliphatic heterocycles. The maximum absolute atomic E-state index is 12.8. The minimum Gasteiger partial charge on any atom is -0.312 e. The zero-order valence-electron chi connectivity index (χ0n) is 14.0. The van der Waals surface area contributed by atoms with E-state index in [2.05, 4.69) is 9.88 Å². The van der Waals surface area contributed by atoms with Gasteiger partial charge in [0.1, 0.15) is 5.54 Å². The molecule has 3 amide bonds. The first-order valence-corrected chi connectivity index (χ1v) is 8.19. The van der Waals surface area contributed by atoms with Crippen molar-refractivity contribution in [2.75, 3.05) is 20.1 Å². The molecule has 3 rings (SSSR count). The number of imide groups is 1. The fourth-order valence-electron chi connectivity index (χ4n) is 3.61. The SMILES string of the molecule is CC(C)N1C(=O)N(C)C2(CCN(Cc3ccccn3)CC2)C1=O. The molecular formula is C17H24N4O2. The lowest BCUT2D eigenvalue weighted by Gasteiger charge is -2.40. The van der Waals surface area contributed by atoms with Crippen LogP contribution in [-0.4, -0.2) is 63.3 Å². The van der Waals surface area contributed by atoms with E-state index in [4.69, 9.17) is 0 Å². The van der Waals surface area contributed by atoms with Crippen molar-refractivity contribution in [3.8, 4) is 0 Å². The zero-order valence-corrected chi connectivity index (χ0v) is 14.0. The number of hydrogen-bond donors (Lipinski definition) is 0. The Morgan fingerprint density at radius 2 is 1.91 bits per heavy atom. The third-order valence-electron chi connectivity index (χ3n) is 5.06. The van der Waals surface area contributed by atoms with E-state index in [9.17, 15) is 9.59 Å². The molecule has 2 fully saturated rings. The highest BCUT2D eigenvalue weighted by molar-refractivity contribution is 6.07. The normalized spacial score (nSPS) is 21.7. The molecule has 23 heavy (non-hydrogen) atoms. The minimum atomic E-state index is -0.651. The molecule has 2 saturated heterocycles. The molecule has 6 nitrogen and oxygen atoms in total. The van der Waals surface area contributed by atoms with E-state index in [0.717, 1.165) is 25.3 Å². The number of amides is 3. The number of carbonyl (C=O) groups excluding carboxylic acids is 2. The molecule has 0 bridgehead atoms. The predicted octanol–water partition coefficient (Wildman–Crippen LogP) is 1.72. The molecule has 0 aromatic carbocycles. The summed E-state index contributed by atoms with van der Waals surface area (Å²) >= 11 is 0. The van der Waals surface area contributed by atoms with Crippen molar-refractivity contribution in [2.24, 2.45) is 0 Å². The van der Waals surface area contributed by atoms with Crippen LogP contribution in [-0.2, 0) is 11.3 Å². The van der Waals surface area contributed by atoms with Crippen LogP contribution in [0.25, 0.3) is 0 Å². The smallest absolute Gasteiger partial charge is 0.312 e. The molecule has 0 radical (unpaired) electrons. The topological polar surface area (TPSA) is 56.8 Å². The largest absolute Gasteiger partial charge is 0.327 e. The van der Waals surface area contributed by atoms with Crippen molar-refractivity contribution >= 4 is 11.9 Å². The highest BCUT2D eigenvalue weighted by atomic mass is 16.2. The Morgan fingerprint density at radius 1 is 1.22 bits per heavy atom. The van der Waals surface area contributed by atoms with Crippen LogP contribution in [0.2, 0.25) is 0 Å². The van der Waals surface area contributed by atoms with Gasteiger partial charge in [-0.2, -0.15) is 0 Å². The van der Waals surface area contributed by atoms with E-state index >= 15 is 0 Å². The fraction of sp³-hybridized carbons (Fsp3) is 0.588. The monoisotopic (exact) mass is 316 g/mol. The van der Waals surface area contributed by atoms with Crippen LogP contribution in [0, 0.1) is 0 Å². The number of rotatable bonds is 3. The van der Waals surface area contributed by atoms with E-state index in [1.165, 1.54) is 4.90 Å². The van der Waals surface area contributed by atoms with Gasteiger partial charge in [-0.1, -0.05) is 6.07 Å². The van der Waals surface area contributed by atoms with Gasteiger partial charge < -0.3 is 4.90 Å². The van der Waals surface area contributed by atoms with Gasteiger partial charge in [-0.25, -0.2) is 4.79 Å². The van der Waals surface area contributed by atoms with Crippen molar-refractivity contribution in [1.82, 2.24) is 19.7 Å². The van der Waals surface area contributed by atoms with E-state index in [1.807, 2.05) is 32.0 Å². The lowest BCUT2D eigenvalue weighted by molar-refractivity contribution is -0.136. The van der Waals surface area contributed by atoms with Gasteiger partial charge >= 0.3 is 6.03 Å². The van der Waals surface area contributed by atoms with Crippen molar-refractivity contribution in [3.05, 3.63) is 30.1 Å². The Labute approximate surface area is 137 Å². The maximum atomic E-state index is 12.8. The highest BCUT2D eigenvalue weighted by Crippen LogP contribution is 2.37. The first kappa shape index (κ1) is 15.9. The number of carbonyl (C=O) groups is 2. The van der Waals surface area contributed by atoms with E-state index in [-0.39, 0.29) is 18.0 Å². The second kappa shape index (κ2) is 5.92. The van der Waals surface area contributed by atoms with Crippen LogP contribution >= 0.6 is 0 Å². The standard InChI is InChI=1S/C17H24N4O2/c1-13(2)21-15(22)17(19(3)16(21)23)7-10-20(11-8-17)12-14-6-4-5-9-18-14/h4-6,9,13H,7-8,10-12H2,1-3H3. The van der Waals surface area contributed by atoms with Gasteiger partial charge in [0.15, 0.2) is 0 Å².